The van der Waals surface area contributed by atoms with Gasteiger partial charge in [-0.1, -0.05) is 29.8 Å². The van der Waals surface area contributed by atoms with Gasteiger partial charge in [-0.05, 0) is 57.4 Å². The average molecular weight is 352 g/mol. The molecule has 1 aromatic carbocycles. The second kappa shape index (κ2) is 7.14. The molecule has 2 saturated heterocycles. The van der Waals surface area contributed by atoms with Gasteiger partial charge in [0, 0.05) is 19.7 Å². The van der Waals surface area contributed by atoms with Crippen LogP contribution in [0, 0.1) is 12.8 Å². The van der Waals surface area contributed by atoms with Gasteiger partial charge in [-0.2, -0.15) is 0 Å². The molecule has 2 fully saturated rings. The normalized spacial score (nSPS) is 25.0. The first-order valence-corrected chi connectivity index (χ1v) is 10.7. The van der Waals surface area contributed by atoms with Crippen molar-refractivity contribution in [1.29, 1.82) is 0 Å². The lowest BCUT2D eigenvalue weighted by Gasteiger charge is -2.46. The first-order chi connectivity index (χ1) is 11.4. The summed E-state index contributed by atoms with van der Waals surface area (Å²) in [5.41, 5.74) is 2.59. The molecule has 1 spiro atoms. The highest BCUT2D eigenvalue weighted by atomic mass is 32.2. The fraction of sp³-hybridized carbons (Fsp3) is 0.684. The summed E-state index contributed by atoms with van der Waals surface area (Å²) in [7, 11) is -3.06. The van der Waals surface area contributed by atoms with Crippen LogP contribution in [0.15, 0.2) is 24.3 Å². The van der Waals surface area contributed by atoms with Crippen molar-refractivity contribution in [1.82, 2.24) is 4.31 Å². The molecule has 0 saturated carbocycles. The Morgan fingerprint density at radius 3 is 2.50 bits per heavy atom. The van der Waals surface area contributed by atoms with Crippen molar-refractivity contribution in [2.24, 2.45) is 5.92 Å². The van der Waals surface area contributed by atoms with E-state index in [-0.39, 0.29) is 11.4 Å². The van der Waals surface area contributed by atoms with Crippen LogP contribution < -0.4 is 0 Å². The summed E-state index contributed by atoms with van der Waals surface area (Å²) in [4.78, 5) is 0. The Labute approximate surface area is 146 Å². The van der Waals surface area contributed by atoms with Gasteiger partial charge in [-0.15, -0.1) is 0 Å². The van der Waals surface area contributed by atoms with E-state index in [1.807, 2.05) is 0 Å². The van der Waals surface area contributed by atoms with Gasteiger partial charge in [-0.25, -0.2) is 12.7 Å². The Hall–Kier alpha value is -0.910. The van der Waals surface area contributed by atoms with Gasteiger partial charge in [-0.3, -0.25) is 0 Å². The molecule has 2 heterocycles. The van der Waals surface area contributed by atoms with E-state index in [1.165, 1.54) is 11.1 Å². The van der Waals surface area contributed by atoms with E-state index in [1.54, 1.807) is 11.2 Å². The van der Waals surface area contributed by atoms with Crippen LogP contribution >= 0.6 is 0 Å². The van der Waals surface area contributed by atoms with Gasteiger partial charge in [0.25, 0.3) is 0 Å². The summed E-state index contributed by atoms with van der Waals surface area (Å²) in [6.07, 6.45) is 4.92. The minimum atomic E-state index is -3.06. The fourth-order valence-corrected chi connectivity index (χ4v) is 5.17. The minimum absolute atomic E-state index is 0.104. The molecule has 0 N–H and O–H groups in total. The molecule has 3 rings (SSSR count). The lowest BCUT2D eigenvalue weighted by Crippen LogP contribution is -2.51. The SMILES string of the molecule is CCS(=O)(=O)N1CCC2(CC1)C[C@@H](Cc1ccc(C)cc1)CCO2. The van der Waals surface area contributed by atoms with Crippen molar-refractivity contribution in [3.05, 3.63) is 35.4 Å². The third-order valence-electron chi connectivity index (χ3n) is 5.63. The summed E-state index contributed by atoms with van der Waals surface area (Å²) < 4.78 is 31.9. The van der Waals surface area contributed by atoms with Gasteiger partial charge < -0.3 is 4.74 Å². The zero-order valence-corrected chi connectivity index (χ0v) is 15.6. The number of piperidine rings is 1. The van der Waals surface area contributed by atoms with Gasteiger partial charge >= 0.3 is 0 Å². The Balaban J connectivity index is 1.60. The van der Waals surface area contributed by atoms with E-state index in [0.29, 0.717) is 19.0 Å². The summed E-state index contributed by atoms with van der Waals surface area (Å²) in [6, 6.07) is 8.82. The van der Waals surface area contributed by atoms with E-state index in [2.05, 4.69) is 31.2 Å². The molecule has 2 aliphatic rings. The van der Waals surface area contributed by atoms with Crippen molar-refractivity contribution in [3.63, 3.8) is 0 Å². The molecule has 2 aliphatic heterocycles. The largest absolute Gasteiger partial charge is 0.375 e. The molecule has 4 nitrogen and oxygen atoms in total. The summed E-state index contributed by atoms with van der Waals surface area (Å²) in [5.74, 6) is 0.826. The molecular weight excluding hydrogens is 322 g/mol. The zero-order chi connectivity index (χ0) is 17.2. The summed E-state index contributed by atoms with van der Waals surface area (Å²) >= 11 is 0. The van der Waals surface area contributed by atoms with Crippen molar-refractivity contribution >= 4 is 10.0 Å². The van der Waals surface area contributed by atoms with Crippen LogP contribution in [0.25, 0.3) is 0 Å². The number of hydrogen-bond donors (Lipinski definition) is 0. The Morgan fingerprint density at radius 2 is 1.88 bits per heavy atom. The van der Waals surface area contributed by atoms with E-state index >= 15 is 0 Å². The number of ether oxygens (including phenoxy) is 1. The summed E-state index contributed by atoms with van der Waals surface area (Å²) in [6.45, 7) is 5.84. The van der Waals surface area contributed by atoms with Crippen LogP contribution in [0.1, 0.15) is 43.7 Å². The van der Waals surface area contributed by atoms with E-state index in [9.17, 15) is 8.42 Å². The Morgan fingerprint density at radius 1 is 1.21 bits per heavy atom. The quantitative estimate of drug-likeness (QED) is 0.837. The molecule has 0 radical (unpaired) electrons. The van der Waals surface area contributed by atoms with Crippen molar-refractivity contribution < 1.29 is 13.2 Å². The highest BCUT2D eigenvalue weighted by molar-refractivity contribution is 7.89. The van der Waals surface area contributed by atoms with Crippen LogP contribution in [0.2, 0.25) is 0 Å². The Kier molecular flexibility index (Phi) is 5.33. The maximum atomic E-state index is 12.0. The fourth-order valence-electron chi connectivity index (χ4n) is 4.06. The topological polar surface area (TPSA) is 46.6 Å². The Bertz CT molecular complexity index is 646. The molecule has 1 aromatic rings. The standard InChI is InChI=1S/C19H29NO3S/c1-3-24(21,22)20-11-9-19(10-12-20)15-18(8-13-23-19)14-17-6-4-16(2)5-7-17/h4-7,18H,3,8-15H2,1-2H3/t18-/m1/s1. The van der Waals surface area contributed by atoms with Crippen molar-refractivity contribution in [2.45, 2.75) is 51.6 Å². The van der Waals surface area contributed by atoms with Gasteiger partial charge in [0.15, 0.2) is 0 Å². The highest BCUT2D eigenvalue weighted by Gasteiger charge is 2.42. The number of sulfonamides is 1. The molecule has 134 valence electrons. The van der Waals surface area contributed by atoms with E-state index in [4.69, 9.17) is 4.74 Å². The second-order valence-corrected chi connectivity index (χ2v) is 9.64. The van der Waals surface area contributed by atoms with Gasteiger partial charge in [0.1, 0.15) is 0 Å². The maximum absolute atomic E-state index is 12.0. The van der Waals surface area contributed by atoms with E-state index in [0.717, 1.165) is 38.7 Å². The average Bonchev–Trinajstić information content (AvgIpc) is 2.58. The van der Waals surface area contributed by atoms with E-state index < -0.39 is 10.0 Å². The highest BCUT2D eigenvalue weighted by Crippen LogP contribution is 2.39. The van der Waals surface area contributed by atoms with Crippen LogP contribution in [0.4, 0.5) is 0 Å². The lowest BCUT2D eigenvalue weighted by atomic mass is 9.78. The molecule has 5 heteroatoms. The molecule has 24 heavy (non-hydrogen) atoms. The molecule has 0 amide bonds. The monoisotopic (exact) mass is 351 g/mol. The van der Waals surface area contributed by atoms with Gasteiger partial charge in [0.2, 0.25) is 10.0 Å². The predicted molar refractivity (Wildman–Crippen MR) is 96.6 cm³/mol. The number of aryl methyl sites for hydroxylation is 1. The van der Waals surface area contributed by atoms with Gasteiger partial charge in [0.05, 0.1) is 11.4 Å². The smallest absolute Gasteiger partial charge is 0.213 e. The molecular formula is C19H29NO3S. The van der Waals surface area contributed by atoms with Crippen LogP contribution in [-0.4, -0.2) is 43.8 Å². The maximum Gasteiger partial charge on any atom is 0.213 e. The molecule has 0 aromatic heterocycles. The minimum Gasteiger partial charge on any atom is -0.375 e. The number of nitrogens with zero attached hydrogens (tertiary/aromatic N) is 1. The molecule has 0 aliphatic carbocycles. The molecule has 0 bridgehead atoms. The number of rotatable bonds is 4. The van der Waals surface area contributed by atoms with Crippen LogP contribution in [0.3, 0.4) is 0 Å². The molecule has 1 atom stereocenters. The number of hydrogen-bond acceptors (Lipinski definition) is 3. The zero-order valence-electron chi connectivity index (χ0n) is 14.8. The summed E-state index contributed by atoms with van der Waals surface area (Å²) in [5, 5.41) is 0. The number of benzene rings is 1. The molecule has 0 unspecified atom stereocenters. The lowest BCUT2D eigenvalue weighted by molar-refractivity contribution is -0.120. The van der Waals surface area contributed by atoms with Crippen molar-refractivity contribution in [2.75, 3.05) is 25.4 Å². The third kappa shape index (κ3) is 4.01. The second-order valence-electron chi connectivity index (χ2n) is 7.38. The predicted octanol–water partition coefficient (Wildman–Crippen LogP) is 3.15. The van der Waals surface area contributed by atoms with Crippen molar-refractivity contribution in [3.8, 4) is 0 Å². The van der Waals surface area contributed by atoms with Crippen LogP contribution in [-0.2, 0) is 21.2 Å². The first kappa shape index (κ1) is 17.9. The third-order valence-corrected chi connectivity index (χ3v) is 7.51. The van der Waals surface area contributed by atoms with Crippen LogP contribution in [0.5, 0.6) is 0 Å². The first-order valence-electron chi connectivity index (χ1n) is 9.10.